The van der Waals surface area contributed by atoms with Crippen LogP contribution < -0.4 is 5.32 Å². The molecule has 0 bridgehead atoms. The highest BCUT2D eigenvalue weighted by Crippen LogP contribution is 2.34. The van der Waals surface area contributed by atoms with Crippen LogP contribution in [-0.2, 0) is 0 Å². The predicted molar refractivity (Wildman–Crippen MR) is 91.6 cm³/mol. The molecule has 4 rings (SSSR count). The molecule has 3 aromatic rings. The van der Waals surface area contributed by atoms with Crippen molar-refractivity contribution < 1.29 is 0 Å². The molecule has 0 radical (unpaired) electrons. The van der Waals surface area contributed by atoms with Crippen LogP contribution in [0.4, 0.5) is 11.6 Å². The van der Waals surface area contributed by atoms with Crippen molar-refractivity contribution in [2.75, 3.05) is 5.32 Å². The summed E-state index contributed by atoms with van der Waals surface area (Å²) in [5.41, 5.74) is 3.41. The summed E-state index contributed by atoms with van der Waals surface area (Å²) in [4.78, 5) is 4.84. The van der Waals surface area contributed by atoms with Gasteiger partial charge in [-0.2, -0.15) is 0 Å². The fourth-order valence-corrected chi connectivity index (χ4v) is 3.49. The van der Waals surface area contributed by atoms with Gasteiger partial charge in [0.15, 0.2) is 0 Å². The molecule has 0 spiro atoms. The van der Waals surface area contributed by atoms with Crippen LogP contribution in [0.3, 0.4) is 0 Å². The van der Waals surface area contributed by atoms with Crippen molar-refractivity contribution in [1.29, 1.82) is 0 Å². The van der Waals surface area contributed by atoms with Gasteiger partial charge in [-0.1, -0.05) is 49.6 Å². The first kappa shape index (κ1) is 13.4. The number of hydrogen-bond donors (Lipinski definition) is 1. The third kappa shape index (κ3) is 2.47. The Morgan fingerprint density at radius 1 is 0.864 bits per heavy atom. The predicted octanol–water partition coefficient (Wildman–Crippen LogP) is 5.29. The first-order valence-corrected chi connectivity index (χ1v) is 8.21. The second-order valence-electron chi connectivity index (χ2n) is 6.08. The van der Waals surface area contributed by atoms with Gasteiger partial charge in [-0.15, -0.1) is 0 Å². The van der Waals surface area contributed by atoms with Gasteiger partial charge in [0.1, 0.15) is 0 Å². The van der Waals surface area contributed by atoms with Gasteiger partial charge in [-0.3, -0.25) is 0 Å². The van der Waals surface area contributed by atoms with Crippen molar-refractivity contribution in [1.82, 2.24) is 9.55 Å². The molecule has 3 heteroatoms. The summed E-state index contributed by atoms with van der Waals surface area (Å²) in [5, 5.41) is 3.51. The van der Waals surface area contributed by atoms with Crippen molar-refractivity contribution in [2.24, 2.45) is 0 Å². The van der Waals surface area contributed by atoms with Gasteiger partial charge in [-0.25, -0.2) is 4.98 Å². The number of anilines is 2. The van der Waals surface area contributed by atoms with Crippen molar-refractivity contribution in [3.63, 3.8) is 0 Å². The third-order valence-electron chi connectivity index (χ3n) is 4.57. The molecule has 0 aliphatic heterocycles. The van der Waals surface area contributed by atoms with Crippen LogP contribution in [0.15, 0.2) is 54.6 Å². The molecule has 1 aliphatic carbocycles. The van der Waals surface area contributed by atoms with Gasteiger partial charge in [0, 0.05) is 11.7 Å². The molecule has 1 aliphatic rings. The quantitative estimate of drug-likeness (QED) is 0.711. The van der Waals surface area contributed by atoms with Gasteiger partial charge in [-0.05, 0) is 37.1 Å². The number of imidazole rings is 1. The van der Waals surface area contributed by atoms with Gasteiger partial charge >= 0.3 is 0 Å². The molecule has 0 saturated heterocycles. The third-order valence-corrected chi connectivity index (χ3v) is 4.57. The number of aromatic nitrogens is 2. The molecule has 0 atom stereocenters. The molecule has 0 amide bonds. The summed E-state index contributed by atoms with van der Waals surface area (Å²) in [6.45, 7) is 0. The molecule has 1 saturated carbocycles. The fraction of sp³-hybridized carbons (Fsp3) is 0.316. The maximum Gasteiger partial charge on any atom is 0.208 e. The molecule has 3 nitrogen and oxygen atoms in total. The number of benzene rings is 2. The van der Waals surface area contributed by atoms with Crippen molar-refractivity contribution in [3.8, 4) is 0 Å². The molecule has 2 aromatic carbocycles. The zero-order valence-corrected chi connectivity index (χ0v) is 12.7. The molecular formula is C19H21N3. The van der Waals surface area contributed by atoms with E-state index in [0.29, 0.717) is 6.04 Å². The lowest BCUT2D eigenvalue weighted by atomic mass is 9.95. The van der Waals surface area contributed by atoms with Crippen molar-refractivity contribution in [3.05, 3.63) is 54.6 Å². The van der Waals surface area contributed by atoms with E-state index >= 15 is 0 Å². The van der Waals surface area contributed by atoms with Crippen LogP contribution in [0.5, 0.6) is 0 Å². The monoisotopic (exact) mass is 291 g/mol. The van der Waals surface area contributed by atoms with Gasteiger partial charge in [0.05, 0.1) is 11.0 Å². The second kappa shape index (κ2) is 5.84. The highest BCUT2D eigenvalue weighted by atomic mass is 15.2. The number of para-hydroxylation sites is 3. The highest BCUT2D eigenvalue weighted by molar-refractivity contribution is 5.79. The Hall–Kier alpha value is -2.29. The number of fused-ring (bicyclic) bond motifs is 1. The molecule has 1 aromatic heterocycles. The maximum absolute atomic E-state index is 4.84. The molecule has 1 heterocycles. The minimum Gasteiger partial charge on any atom is -0.326 e. The van der Waals surface area contributed by atoms with Crippen LogP contribution in [0.1, 0.15) is 38.1 Å². The van der Waals surface area contributed by atoms with Crippen molar-refractivity contribution in [2.45, 2.75) is 38.1 Å². The van der Waals surface area contributed by atoms with Crippen LogP contribution in [0.2, 0.25) is 0 Å². The van der Waals surface area contributed by atoms with E-state index < -0.39 is 0 Å². The molecular weight excluding hydrogens is 270 g/mol. The highest BCUT2D eigenvalue weighted by Gasteiger charge is 2.21. The Kier molecular flexibility index (Phi) is 3.55. The molecule has 22 heavy (non-hydrogen) atoms. The first-order chi connectivity index (χ1) is 10.9. The van der Waals surface area contributed by atoms with E-state index in [0.717, 1.165) is 17.2 Å². The average molecular weight is 291 g/mol. The van der Waals surface area contributed by atoms with E-state index in [-0.39, 0.29) is 0 Å². The fourth-order valence-electron chi connectivity index (χ4n) is 3.49. The second-order valence-corrected chi connectivity index (χ2v) is 6.08. The SMILES string of the molecule is c1ccc(Nc2nc3ccccc3n2C2CCCCC2)cc1. The Morgan fingerprint density at radius 2 is 1.59 bits per heavy atom. The minimum absolute atomic E-state index is 0.562. The first-order valence-electron chi connectivity index (χ1n) is 8.21. The number of nitrogens with zero attached hydrogens (tertiary/aromatic N) is 2. The lowest BCUT2D eigenvalue weighted by molar-refractivity contribution is 0.363. The largest absolute Gasteiger partial charge is 0.326 e. The van der Waals surface area contributed by atoms with E-state index in [1.165, 1.54) is 37.6 Å². The van der Waals surface area contributed by atoms with E-state index in [4.69, 9.17) is 4.98 Å². The summed E-state index contributed by atoms with van der Waals surface area (Å²) in [7, 11) is 0. The molecule has 0 unspecified atom stereocenters. The normalized spacial score (nSPS) is 16.0. The number of hydrogen-bond acceptors (Lipinski definition) is 2. The number of rotatable bonds is 3. The van der Waals surface area contributed by atoms with Crippen LogP contribution in [0.25, 0.3) is 11.0 Å². The summed E-state index contributed by atoms with van der Waals surface area (Å²) in [6, 6.07) is 19.3. The van der Waals surface area contributed by atoms with E-state index in [1.807, 2.05) is 6.07 Å². The summed E-state index contributed by atoms with van der Waals surface area (Å²) < 4.78 is 2.42. The lowest BCUT2D eigenvalue weighted by Gasteiger charge is -2.25. The Morgan fingerprint density at radius 3 is 2.41 bits per heavy atom. The Bertz CT molecular complexity index is 755. The zero-order valence-electron chi connectivity index (χ0n) is 12.7. The van der Waals surface area contributed by atoms with Crippen molar-refractivity contribution >= 4 is 22.7 Å². The summed E-state index contributed by atoms with van der Waals surface area (Å²) >= 11 is 0. The zero-order chi connectivity index (χ0) is 14.8. The maximum atomic E-state index is 4.84. The van der Waals surface area contributed by atoms with Gasteiger partial charge in [0.25, 0.3) is 0 Å². The Balaban J connectivity index is 1.79. The average Bonchev–Trinajstić information content (AvgIpc) is 2.94. The standard InChI is InChI=1S/C19H21N3/c1-3-9-15(10-4-1)20-19-21-17-13-7-8-14-18(17)22(19)16-11-5-2-6-12-16/h1,3-4,7-10,13-14,16H,2,5-6,11-12H2,(H,20,21). The lowest BCUT2D eigenvalue weighted by Crippen LogP contribution is -2.14. The minimum atomic E-state index is 0.562. The van der Waals surface area contributed by atoms with Gasteiger partial charge in [0.2, 0.25) is 5.95 Å². The van der Waals surface area contributed by atoms with Gasteiger partial charge < -0.3 is 9.88 Å². The molecule has 1 fully saturated rings. The topological polar surface area (TPSA) is 29.9 Å². The Labute approximate surface area is 131 Å². The molecule has 112 valence electrons. The van der Waals surface area contributed by atoms with E-state index in [9.17, 15) is 0 Å². The summed E-state index contributed by atoms with van der Waals surface area (Å²) in [5.74, 6) is 0.972. The van der Waals surface area contributed by atoms with E-state index in [2.05, 4.69) is 58.4 Å². The van der Waals surface area contributed by atoms with Crippen LogP contribution >= 0.6 is 0 Å². The van der Waals surface area contributed by atoms with E-state index in [1.54, 1.807) is 0 Å². The summed E-state index contributed by atoms with van der Waals surface area (Å²) in [6.07, 6.45) is 6.52. The smallest absolute Gasteiger partial charge is 0.208 e. The molecule has 1 N–H and O–H groups in total. The van der Waals surface area contributed by atoms with Crippen LogP contribution in [0, 0.1) is 0 Å². The van der Waals surface area contributed by atoms with Crippen LogP contribution in [-0.4, -0.2) is 9.55 Å². The number of nitrogens with one attached hydrogen (secondary N) is 1.